The van der Waals surface area contributed by atoms with Gasteiger partial charge in [-0.3, -0.25) is 4.79 Å². The normalized spacial score (nSPS) is 21.4. The number of likely N-dealkylation sites (tertiary alicyclic amines) is 1. The first-order valence-corrected chi connectivity index (χ1v) is 8.63. The molecule has 1 fully saturated rings. The highest BCUT2D eigenvalue weighted by Gasteiger charge is 2.25. The van der Waals surface area contributed by atoms with E-state index >= 15 is 0 Å². The second-order valence-electron chi connectivity index (χ2n) is 6.37. The third kappa shape index (κ3) is 3.80. The van der Waals surface area contributed by atoms with Gasteiger partial charge in [0.05, 0.1) is 10.9 Å². The zero-order valence-electron chi connectivity index (χ0n) is 13.3. The van der Waals surface area contributed by atoms with Crippen LogP contribution in [0, 0.1) is 11.8 Å². The lowest BCUT2D eigenvalue weighted by atomic mass is 9.92. The highest BCUT2D eigenvalue weighted by atomic mass is 79.9. The van der Waals surface area contributed by atoms with Gasteiger partial charge in [-0.05, 0) is 36.5 Å². The van der Waals surface area contributed by atoms with Gasteiger partial charge in [0.2, 0.25) is 5.88 Å². The number of piperidine rings is 1. The molecular weight excluding hydrogens is 358 g/mol. The zero-order valence-corrected chi connectivity index (χ0v) is 14.9. The predicted molar refractivity (Wildman–Crippen MR) is 92.3 cm³/mol. The van der Waals surface area contributed by atoms with Crippen LogP contribution >= 0.6 is 15.9 Å². The molecule has 1 aromatic carbocycles. The summed E-state index contributed by atoms with van der Waals surface area (Å²) in [6.45, 7) is 6.00. The van der Waals surface area contributed by atoms with Gasteiger partial charge >= 0.3 is 0 Å². The summed E-state index contributed by atoms with van der Waals surface area (Å²) < 4.78 is 6.62. The molecule has 2 heterocycles. The molecular formula is C17H20BrN3O2. The molecule has 2 aromatic rings. The number of rotatable bonds is 3. The molecule has 0 radical (unpaired) electrons. The van der Waals surface area contributed by atoms with Gasteiger partial charge in [0.15, 0.2) is 6.61 Å². The average molecular weight is 378 g/mol. The van der Waals surface area contributed by atoms with Crippen LogP contribution in [0.5, 0.6) is 5.88 Å². The summed E-state index contributed by atoms with van der Waals surface area (Å²) in [4.78, 5) is 22.7. The van der Waals surface area contributed by atoms with Gasteiger partial charge in [0.25, 0.3) is 5.91 Å². The summed E-state index contributed by atoms with van der Waals surface area (Å²) in [5, 5.41) is 0.801. The smallest absolute Gasteiger partial charge is 0.260 e. The van der Waals surface area contributed by atoms with Crippen LogP contribution in [0.1, 0.15) is 20.3 Å². The molecule has 2 atom stereocenters. The van der Waals surface area contributed by atoms with E-state index < -0.39 is 0 Å². The van der Waals surface area contributed by atoms with Crippen LogP contribution in [0.15, 0.2) is 29.0 Å². The second kappa shape index (κ2) is 6.83. The molecule has 6 heteroatoms. The van der Waals surface area contributed by atoms with Crippen LogP contribution in [-0.4, -0.2) is 40.5 Å². The van der Waals surface area contributed by atoms with Crippen LogP contribution in [0.4, 0.5) is 0 Å². The van der Waals surface area contributed by atoms with Gasteiger partial charge in [-0.1, -0.05) is 29.8 Å². The van der Waals surface area contributed by atoms with E-state index in [1.807, 2.05) is 23.1 Å². The first-order chi connectivity index (χ1) is 11.0. The Kier molecular flexibility index (Phi) is 4.80. The second-order valence-corrected chi connectivity index (χ2v) is 7.29. The first-order valence-electron chi connectivity index (χ1n) is 7.83. The lowest BCUT2D eigenvalue weighted by Gasteiger charge is -2.34. The summed E-state index contributed by atoms with van der Waals surface area (Å²) >= 11 is 3.44. The number of fused-ring (bicyclic) bond motifs is 1. The van der Waals surface area contributed by atoms with E-state index in [2.05, 4.69) is 39.7 Å². The van der Waals surface area contributed by atoms with Gasteiger partial charge in [-0.15, -0.1) is 0 Å². The molecule has 0 spiro atoms. The van der Waals surface area contributed by atoms with E-state index in [0.717, 1.165) is 28.5 Å². The number of nitrogens with zero attached hydrogens (tertiary/aromatic N) is 3. The van der Waals surface area contributed by atoms with Gasteiger partial charge < -0.3 is 9.64 Å². The molecule has 1 aromatic heterocycles. The van der Waals surface area contributed by atoms with Crippen molar-refractivity contribution in [1.82, 2.24) is 14.9 Å². The Labute approximate surface area is 144 Å². The van der Waals surface area contributed by atoms with E-state index in [-0.39, 0.29) is 12.5 Å². The number of aromatic nitrogens is 2. The van der Waals surface area contributed by atoms with Crippen molar-refractivity contribution in [3.63, 3.8) is 0 Å². The number of ether oxygens (including phenoxy) is 1. The van der Waals surface area contributed by atoms with Crippen molar-refractivity contribution in [2.75, 3.05) is 19.7 Å². The van der Waals surface area contributed by atoms with Crippen molar-refractivity contribution in [2.45, 2.75) is 20.3 Å². The molecule has 122 valence electrons. The molecule has 23 heavy (non-hydrogen) atoms. The molecule has 0 unspecified atom stereocenters. The minimum absolute atomic E-state index is 0.0120. The molecule has 0 saturated carbocycles. The van der Waals surface area contributed by atoms with Crippen LogP contribution in [0.25, 0.3) is 10.9 Å². The fourth-order valence-electron chi connectivity index (χ4n) is 3.21. The van der Waals surface area contributed by atoms with Gasteiger partial charge in [0.1, 0.15) is 6.33 Å². The summed E-state index contributed by atoms with van der Waals surface area (Å²) in [6, 6.07) is 5.71. The molecule has 0 aliphatic carbocycles. The minimum atomic E-state index is 0.0120. The van der Waals surface area contributed by atoms with E-state index in [0.29, 0.717) is 17.7 Å². The maximum atomic E-state index is 12.4. The van der Waals surface area contributed by atoms with Crippen molar-refractivity contribution in [1.29, 1.82) is 0 Å². The van der Waals surface area contributed by atoms with Gasteiger partial charge in [-0.25, -0.2) is 9.97 Å². The molecule has 5 nitrogen and oxygen atoms in total. The van der Waals surface area contributed by atoms with E-state index in [9.17, 15) is 4.79 Å². The Morgan fingerprint density at radius 1 is 1.30 bits per heavy atom. The SMILES string of the molecule is C[C@H]1C[C@H](C)CN(C(=O)COc2ncnc3ccc(Br)cc23)C1. The lowest BCUT2D eigenvalue weighted by molar-refractivity contribution is -0.136. The standard InChI is InChI=1S/C17H20BrN3O2/c1-11-5-12(2)8-21(7-11)16(22)9-23-17-14-6-13(18)3-4-15(14)19-10-20-17/h3-4,6,10-12H,5,7-9H2,1-2H3/t11-,12-/m0/s1. The topological polar surface area (TPSA) is 55.3 Å². The summed E-state index contributed by atoms with van der Waals surface area (Å²) in [6.07, 6.45) is 2.64. The van der Waals surface area contributed by atoms with E-state index in [1.54, 1.807) is 0 Å². The van der Waals surface area contributed by atoms with Crippen molar-refractivity contribution in [2.24, 2.45) is 11.8 Å². The summed E-state index contributed by atoms with van der Waals surface area (Å²) in [5.41, 5.74) is 0.797. The molecule has 1 amide bonds. The van der Waals surface area contributed by atoms with Crippen molar-refractivity contribution >= 4 is 32.7 Å². The Bertz CT molecular complexity index is 712. The highest BCUT2D eigenvalue weighted by Crippen LogP contribution is 2.25. The summed E-state index contributed by atoms with van der Waals surface area (Å²) in [7, 11) is 0. The van der Waals surface area contributed by atoms with Crippen LogP contribution in [0.2, 0.25) is 0 Å². The van der Waals surface area contributed by atoms with Crippen molar-refractivity contribution in [3.8, 4) is 5.88 Å². The summed E-state index contributed by atoms with van der Waals surface area (Å²) in [5.74, 6) is 1.55. The van der Waals surface area contributed by atoms with Crippen LogP contribution < -0.4 is 4.74 Å². The van der Waals surface area contributed by atoms with Crippen molar-refractivity contribution < 1.29 is 9.53 Å². The number of amides is 1. The van der Waals surface area contributed by atoms with Crippen molar-refractivity contribution in [3.05, 3.63) is 29.0 Å². The lowest BCUT2D eigenvalue weighted by Crippen LogP contribution is -2.44. The Morgan fingerprint density at radius 2 is 2.04 bits per heavy atom. The van der Waals surface area contributed by atoms with Crippen LogP contribution in [0.3, 0.4) is 0 Å². The first kappa shape index (κ1) is 16.2. The quantitative estimate of drug-likeness (QED) is 0.823. The number of carbonyl (C=O) groups is 1. The Balaban J connectivity index is 1.71. The molecule has 0 bridgehead atoms. The number of benzene rings is 1. The van der Waals surface area contributed by atoms with Gasteiger partial charge in [-0.2, -0.15) is 0 Å². The highest BCUT2D eigenvalue weighted by molar-refractivity contribution is 9.10. The molecule has 1 saturated heterocycles. The number of hydrogen-bond donors (Lipinski definition) is 0. The third-order valence-corrected chi connectivity index (χ3v) is 4.61. The van der Waals surface area contributed by atoms with Crippen LogP contribution in [-0.2, 0) is 4.79 Å². The fraction of sp³-hybridized carbons (Fsp3) is 0.471. The fourth-order valence-corrected chi connectivity index (χ4v) is 3.57. The Hall–Kier alpha value is -1.69. The van der Waals surface area contributed by atoms with Gasteiger partial charge in [0, 0.05) is 17.6 Å². The van der Waals surface area contributed by atoms with E-state index in [4.69, 9.17) is 4.74 Å². The minimum Gasteiger partial charge on any atom is -0.467 e. The van der Waals surface area contributed by atoms with E-state index in [1.165, 1.54) is 12.7 Å². The number of hydrogen-bond acceptors (Lipinski definition) is 4. The molecule has 3 rings (SSSR count). The zero-order chi connectivity index (χ0) is 16.4. The maximum absolute atomic E-state index is 12.4. The molecule has 0 N–H and O–H groups in total. The monoisotopic (exact) mass is 377 g/mol. The predicted octanol–water partition coefficient (Wildman–Crippen LogP) is 3.28. The maximum Gasteiger partial charge on any atom is 0.260 e. The Morgan fingerprint density at radius 3 is 2.78 bits per heavy atom. The molecule has 1 aliphatic heterocycles. The number of carbonyl (C=O) groups excluding carboxylic acids is 1. The third-order valence-electron chi connectivity index (χ3n) is 4.11. The largest absolute Gasteiger partial charge is 0.467 e. The number of halogens is 1. The molecule has 1 aliphatic rings. The average Bonchev–Trinajstić information content (AvgIpc) is 2.51.